The van der Waals surface area contributed by atoms with Crippen LogP contribution in [-0.4, -0.2) is 11.9 Å². The van der Waals surface area contributed by atoms with E-state index in [2.05, 4.69) is 35.1 Å². The Kier molecular flexibility index (Phi) is 5.65. The summed E-state index contributed by atoms with van der Waals surface area (Å²) in [7, 11) is 0. The van der Waals surface area contributed by atoms with Gasteiger partial charge in [0.05, 0.1) is 6.04 Å². The maximum Gasteiger partial charge on any atom is 0.241 e. The van der Waals surface area contributed by atoms with E-state index in [1.54, 1.807) is 0 Å². The molecule has 0 fully saturated rings. The summed E-state index contributed by atoms with van der Waals surface area (Å²) in [6.07, 6.45) is 0.700. The van der Waals surface area contributed by atoms with Crippen LogP contribution in [0.25, 0.3) is 0 Å². The number of hydrogen-bond acceptors (Lipinski definition) is 2. The van der Waals surface area contributed by atoms with Crippen LogP contribution < -0.4 is 11.1 Å². The van der Waals surface area contributed by atoms with Crippen LogP contribution in [0.4, 0.5) is 5.69 Å². The number of halogens is 1. The van der Waals surface area contributed by atoms with E-state index in [1.807, 2.05) is 24.3 Å². The molecule has 0 saturated carbocycles. The normalized spacial score (nSPS) is 12.5. The van der Waals surface area contributed by atoms with Crippen molar-refractivity contribution < 1.29 is 4.79 Å². The van der Waals surface area contributed by atoms with Crippen molar-refractivity contribution in [3.8, 4) is 0 Å². The Balaban J connectivity index is 2.55. The van der Waals surface area contributed by atoms with Gasteiger partial charge < -0.3 is 11.1 Å². The lowest BCUT2D eigenvalue weighted by Gasteiger charge is -2.14. The van der Waals surface area contributed by atoms with E-state index in [-0.39, 0.29) is 5.91 Å². The zero-order valence-electron chi connectivity index (χ0n) is 10.2. The number of benzene rings is 1. The van der Waals surface area contributed by atoms with Gasteiger partial charge in [0.2, 0.25) is 5.91 Å². The molecule has 4 heteroatoms. The van der Waals surface area contributed by atoms with Gasteiger partial charge in [-0.2, -0.15) is 0 Å². The number of amides is 1. The van der Waals surface area contributed by atoms with Crippen LogP contribution in [0.5, 0.6) is 0 Å². The molecule has 1 atom stereocenters. The molecular weight excluding hydrogens is 280 g/mol. The second-order valence-electron chi connectivity index (χ2n) is 4.56. The summed E-state index contributed by atoms with van der Waals surface area (Å²) in [6.45, 7) is 4.11. The molecule has 94 valence electrons. The molecule has 0 aliphatic heterocycles. The lowest BCUT2D eigenvalue weighted by Crippen LogP contribution is -2.36. The molecule has 3 nitrogen and oxygen atoms in total. The Hall–Kier alpha value is -0.870. The molecule has 0 aliphatic rings. The number of alkyl halides is 1. The van der Waals surface area contributed by atoms with Crippen molar-refractivity contribution in [3.63, 3.8) is 0 Å². The Morgan fingerprint density at radius 2 is 1.94 bits per heavy atom. The smallest absolute Gasteiger partial charge is 0.241 e. The molecule has 0 aliphatic carbocycles. The minimum atomic E-state index is -0.439. The Labute approximate surface area is 111 Å². The molecule has 0 spiro atoms. The first-order valence-electron chi connectivity index (χ1n) is 5.74. The van der Waals surface area contributed by atoms with E-state index < -0.39 is 6.04 Å². The Morgan fingerprint density at radius 1 is 1.35 bits per heavy atom. The lowest BCUT2D eigenvalue weighted by atomic mass is 10.0. The number of rotatable bonds is 5. The molecule has 0 radical (unpaired) electrons. The second-order valence-corrected chi connectivity index (χ2v) is 5.12. The van der Waals surface area contributed by atoms with Crippen LogP contribution in [0.15, 0.2) is 24.3 Å². The van der Waals surface area contributed by atoms with Crippen LogP contribution in [-0.2, 0) is 10.1 Å². The zero-order chi connectivity index (χ0) is 12.8. The largest absolute Gasteiger partial charge is 0.325 e. The highest BCUT2D eigenvalue weighted by atomic mass is 79.9. The third kappa shape index (κ3) is 4.88. The van der Waals surface area contributed by atoms with Crippen molar-refractivity contribution in [3.05, 3.63) is 29.8 Å². The molecule has 1 aromatic carbocycles. The first-order chi connectivity index (χ1) is 8.02. The Bertz CT molecular complexity index is 362. The fraction of sp³-hybridized carbons (Fsp3) is 0.462. The van der Waals surface area contributed by atoms with Gasteiger partial charge in [-0.15, -0.1) is 0 Å². The van der Waals surface area contributed by atoms with Gasteiger partial charge in [0, 0.05) is 11.0 Å². The molecule has 0 heterocycles. The fourth-order valence-corrected chi connectivity index (χ4v) is 1.90. The summed E-state index contributed by atoms with van der Waals surface area (Å²) in [6, 6.07) is 7.27. The minimum Gasteiger partial charge on any atom is -0.325 e. The highest BCUT2D eigenvalue weighted by molar-refractivity contribution is 9.08. The number of carbonyl (C=O) groups excluding carboxylic acids is 1. The third-order valence-electron chi connectivity index (χ3n) is 2.44. The quantitative estimate of drug-likeness (QED) is 0.821. The van der Waals surface area contributed by atoms with E-state index in [1.165, 1.54) is 5.56 Å². The number of hydrogen-bond donors (Lipinski definition) is 2. The van der Waals surface area contributed by atoms with Gasteiger partial charge in [-0.25, -0.2) is 0 Å². The summed E-state index contributed by atoms with van der Waals surface area (Å²) in [4.78, 5) is 11.8. The lowest BCUT2D eigenvalue weighted by molar-refractivity contribution is -0.117. The van der Waals surface area contributed by atoms with Crippen LogP contribution in [0.2, 0.25) is 0 Å². The van der Waals surface area contributed by atoms with Gasteiger partial charge in [0.25, 0.3) is 0 Å². The second kappa shape index (κ2) is 6.77. The molecule has 1 amide bonds. The predicted octanol–water partition coefficient (Wildman–Crippen LogP) is 2.89. The van der Waals surface area contributed by atoms with Crippen LogP contribution in [0.1, 0.15) is 25.8 Å². The van der Waals surface area contributed by atoms with Crippen molar-refractivity contribution >= 4 is 27.5 Å². The van der Waals surface area contributed by atoms with Gasteiger partial charge in [0.1, 0.15) is 0 Å². The molecular formula is C13H19BrN2O. The van der Waals surface area contributed by atoms with E-state index >= 15 is 0 Å². The van der Waals surface area contributed by atoms with Gasteiger partial charge in [-0.3, -0.25) is 4.79 Å². The van der Waals surface area contributed by atoms with Crippen molar-refractivity contribution in [2.24, 2.45) is 11.7 Å². The van der Waals surface area contributed by atoms with Gasteiger partial charge >= 0.3 is 0 Å². The van der Waals surface area contributed by atoms with Gasteiger partial charge in [-0.1, -0.05) is 41.9 Å². The SMILES string of the molecule is CC(C)C[C@H](N)C(=O)Nc1ccc(CBr)cc1. The summed E-state index contributed by atoms with van der Waals surface area (Å²) in [5, 5.41) is 3.63. The molecule has 0 aromatic heterocycles. The van der Waals surface area contributed by atoms with E-state index in [0.717, 1.165) is 11.0 Å². The number of anilines is 1. The summed E-state index contributed by atoms with van der Waals surface area (Å²) in [5.74, 6) is 0.303. The maximum atomic E-state index is 11.8. The highest BCUT2D eigenvalue weighted by Gasteiger charge is 2.14. The molecule has 0 saturated heterocycles. The summed E-state index contributed by atoms with van der Waals surface area (Å²) in [5.41, 5.74) is 7.77. The van der Waals surface area contributed by atoms with Crippen molar-refractivity contribution in [2.45, 2.75) is 31.6 Å². The van der Waals surface area contributed by atoms with Crippen molar-refractivity contribution in [1.82, 2.24) is 0 Å². The summed E-state index contributed by atoms with van der Waals surface area (Å²) >= 11 is 3.38. The zero-order valence-corrected chi connectivity index (χ0v) is 11.8. The molecule has 1 aromatic rings. The van der Waals surface area contributed by atoms with Crippen molar-refractivity contribution in [2.75, 3.05) is 5.32 Å². The first-order valence-corrected chi connectivity index (χ1v) is 6.86. The minimum absolute atomic E-state index is 0.120. The monoisotopic (exact) mass is 298 g/mol. The first kappa shape index (κ1) is 14.2. The van der Waals surface area contributed by atoms with Crippen LogP contribution >= 0.6 is 15.9 Å². The van der Waals surface area contributed by atoms with Gasteiger partial charge in [0.15, 0.2) is 0 Å². The summed E-state index contributed by atoms with van der Waals surface area (Å²) < 4.78 is 0. The molecule has 17 heavy (non-hydrogen) atoms. The van der Waals surface area contributed by atoms with E-state index in [0.29, 0.717) is 12.3 Å². The standard InChI is InChI=1S/C13H19BrN2O/c1-9(2)7-12(15)13(17)16-11-5-3-10(8-14)4-6-11/h3-6,9,12H,7-8,15H2,1-2H3,(H,16,17)/t12-/m0/s1. The maximum absolute atomic E-state index is 11.8. The number of nitrogens with one attached hydrogen (secondary N) is 1. The third-order valence-corrected chi connectivity index (χ3v) is 3.09. The predicted molar refractivity (Wildman–Crippen MR) is 75.1 cm³/mol. The fourth-order valence-electron chi connectivity index (χ4n) is 1.53. The molecule has 1 rings (SSSR count). The van der Waals surface area contributed by atoms with Crippen LogP contribution in [0, 0.1) is 5.92 Å². The average Bonchev–Trinajstić information content (AvgIpc) is 2.29. The van der Waals surface area contributed by atoms with Gasteiger partial charge in [-0.05, 0) is 30.0 Å². The molecule has 0 unspecified atom stereocenters. The Morgan fingerprint density at radius 3 is 2.41 bits per heavy atom. The van der Waals surface area contributed by atoms with E-state index in [9.17, 15) is 4.79 Å². The molecule has 0 bridgehead atoms. The number of nitrogens with two attached hydrogens (primary N) is 1. The highest BCUT2D eigenvalue weighted by Crippen LogP contribution is 2.13. The van der Waals surface area contributed by atoms with Crippen molar-refractivity contribution in [1.29, 1.82) is 0 Å². The number of carbonyl (C=O) groups is 1. The molecule has 3 N–H and O–H groups in total. The van der Waals surface area contributed by atoms with Crippen LogP contribution in [0.3, 0.4) is 0 Å². The average molecular weight is 299 g/mol. The van der Waals surface area contributed by atoms with E-state index in [4.69, 9.17) is 5.73 Å². The topological polar surface area (TPSA) is 55.1 Å².